The normalized spacial score (nSPS) is 13.4. The van der Waals surface area contributed by atoms with Gasteiger partial charge in [-0.15, -0.1) is 0 Å². The number of rotatable bonds is 9. The Bertz CT molecular complexity index is 390. The number of alkyl halides is 3. The smallest absolute Gasteiger partial charge is 0.379 e. The minimum absolute atomic E-state index is 0.0110. The van der Waals surface area contributed by atoms with Gasteiger partial charge >= 0.3 is 6.18 Å². The number of likely N-dealkylation sites (N-methyl/N-ethyl adjacent to an activating group) is 1. The highest BCUT2D eigenvalue weighted by atomic mass is 19.4. The van der Waals surface area contributed by atoms with Crippen molar-refractivity contribution in [2.75, 3.05) is 19.8 Å². The lowest BCUT2D eigenvalue weighted by Crippen LogP contribution is -2.25. The molecule has 0 fully saturated rings. The Labute approximate surface area is 124 Å². The van der Waals surface area contributed by atoms with Gasteiger partial charge in [0.15, 0.2) is 0 Å². The van der Waals surface area contributed by atoms with E-state index >= 15 is 0 Å². The standard InChI is InChI=1S/C16H24F3NO/c1-3-13-6-8-14(9-7-13)15(20-4-2)12-21-11-5-10-16(17,18)19/h6-9,15,20H,3-5,10-12H2,1-2H3. The van der Waals surface area contributed by atoms with E-state index in [0.717, 1.165) is 18.5 Å². The van der Waals surface area contributed by atoms with E-state index in [2.05, 4.69) is 24.4 Å². The predicted octanol–water partition coefficient (Wildman–Crippen LogP) is 4.26. The molecule has 1 rings (SSSR count). The summed E-state index contributed by atoms with van der Waals surface area (Å²) in [5.74, 6) is 0. The van der Waals surface area contributed by atoms with E-state index in [-0.39, 0.29) is 19.1 Å². The maximum absolute atomic E-state index is 12.0. The van der Waals surface area contributed by atoms with Crippen LogP contribution in [0.2, 0.25) is 0 Å². The molecule has 1 N–H and O–H groups in total. The van der Waals surface area contributed by atoms with Crippen LogP contribution in [0.1, 0.15) is 43.9 Å². The highest BCUT2D eigenvalue weighted by Crippen LogP contribution is 2.21. The highest BCUT2D eigenvalue weighted by Gasteiger charge is 2.26. The molecule has 1 unspecified atom stereocenters. The summed E-state index contributed by atoms with van der Waals surface area (Å²) in [5, 5.41) is 3.30. The SMILES string of the molecule is CCNC(COCCCC(F)(F)F)c1ccc(CC)cc1. The second-order valence-corrected chi connectivity index (χ2v) is 5.00. The summed E-state index contributed by atoms with van der Waals surface area (Å²) in [6, 6.07) is 8.26. The molecule has 0 heterocycles. The minimum Gasteiger partial charge on any atom is -0.379 e. The average Bonchev–Trinajstić information content (AvgIpc) is 2.45. The van der Waals surface area contributed by atoms with Crippen LogP contribution in [0.25, 0.3) is 0 Å². The second kappa shape index (κ2) is 9.05. The summed E-state index contributed by atoms with van der Waals surface area (Å²) < 4.78 is 41.5. The molecular formula is C16H24F3NO. The number of hydrogen-bond donors (Lipinski definition) is 1. The third-order valence-electron chi connectivity index (χ3n) is 3.27. The quantitative estimate of drug-likeness (QED) is 0.688. The van der Waals surface area contributed by atoms with Gasteiger partial charge in [0.05, 0.1) is 12.6 Å². The third kappa shape index (κ3) is 7.48. The fourth-order valence-corrected chi connectivity index (χ4v) is 2.08. The molecule has 0 aromatic heterocycles. The number of halogens is 3. The van der Waals surface area contributed by atoms with Gasteiger partial charge in [0.1, 0.15) is 0 Å². The van der Waals surface area contributed by atoms with Gasteiger partial charge in [0, 0.05) is 13.0 Å². The Hall–Kier alpha value is -1.07. The van der Waals surface area contributed by atoms with Crippen LogP contribution in [0.5, 0.6) is 0 Å². The molecular weight excluding hydrogens is 279 g/mol. The molecule has 2 nitrogen and oxygen atoms in total. The van der Waals surface area contributed by atoms with Crippen molar-refractivity contribution in [3.8, 4) is 0 Å². The monoisotopic (exact) mass is 303 g/mol. The molecule has 1 aromatic carbocycles. The van der Waals surface area contributed by atoms with Crippen molar-refractivity contribution < 1.29 is 17.9 Å². The first kappa shape index (κ1) is 18.0. The molecule has 0 aliphatic rings. The first-order valence-electron chi connectivity index (χ1n) is 7.43. The first-order valence-corrected chi connectivity index (χ1v) is 7.43. The molecule has 0 spiro atoms. The molecule has 0 saturated carbocycles. The summed E-state index contributed by atoms with van der Waals surface area (Å²) in [7, 11) is 0. The van der Waals surface area contributed by atoms with Crippen LogP contribution < -0.4 is 5.32 Å². The zero-order chi connectivity index (χ0) is 15.7. The fraction of sp³-hybridized carbons (Fsp3) is 0.625. The van der Waals surface area contributed by atoms with E-state index in [1.807, 2.05) is 19.1 Å². The summed E-state index contributed by atoms with van der Waals surface area (Å²) in [4.78, 5) is 0. The van der Waals surface area contributed by atoms with Crippen molar-refractivity contribution >= 4 is 0 Å². The molecule has 0 aliphatic carbocycles. The molecule has 0 bridgehead atoms. The lowest BCUT2D eigenvalue weighted by Gasteiger charge is -2.19. The van der Waals surface area contributed by atoms with Gasteiger partial charge in [0.2, 0.25) is 0 Å². The maximum Gasteiger partial charge on any atom is 0.389 e. The van der Waals surface area contributed by atoms with E-state index < -0.39 is 12.6 Å². The lowest BCUT2D eigenvalue weighted by atomic mass is 10.0. The van der Waals surface area contributed by atoms with E-state index in [1.165, 1.54) is 5.56 Å². The van der Waals surface area contributed by atoms with Gasteiger partial charge in [-0.1, -0.05) is 38.1 Å². The van der Waals surface area contributed by atoms with Crippen LogP contribution in [-0.2, 0) is 11.2 Å². The van der Waals surface area contributed by atoms with E-state index in [9.17, 15) is 13.2 Å². The molecule has 1 atom stereocenters. The molecule has 0 radical (unpaired) electrons. The number of benzene rings is 1. The van der Waals surface area contributed by atoms with Crippen LogP contribution in [0.4, 0.5) is 13.2 Å². The van der Waals surface area contributed by atoms with Crippen molar-refractivity contribution in [3.63, 3.8) is 0 Å². The molecule has 0 aliphatic heterocycles. The number of ether oxygens (including phenoxy) is 1. The Balaban J connectivity index is 2.42. The Morgan fingerprint density at radius 3 is 2.33 bits per heavy atom. The molecule has 0 saturated heterocycles. The summed E-state index contributed by atoms with van der Waals surface area (Å²) in [6.07, 6.45) is -3.89. The van der Waals surface area contributed by atoms with E-state index in [1.54, 1.807) is 0 Å². The Kier molecular flexibility index (Phi) is 7.75. The fourth-order valence-electron chi connectivity index (χ4n) is 2.08. The summed E-state index contributed by atoms with van der Waals surface area (Å²) in [5.41, 5.74) is 2.37. The first-order chi connectivity index (χ1) is 9.96. The number of nitrogens with one attached hydrogen (secondary N) is 1. The molecule has 0 amide bonds. The minimum atomic E-state index is -4.10. The summed E-state index contributed by atoms with van der Waals surface area (Å²) >= 11 is 0. The van der Waals surface area contributed by atoms with Gasteiger partial charge in [-0.05, 0) is 30.5 Å². The van der Waals surface area contributed by atoms with Gasteiger partial charge in [-0.25, -0.2) is 0 Å². The number of aryl methyl sites for hydroxylation is 1. The molecule has 1 aromatic rings. The van der Waals surface area contributed by atoms with E-state index in [0.29, 0.717) is 6.61 Å². The van der Waals surface area contributed by atoms with Gasteiger partial charge in [0.25, 0.3) is 0 Å². The van der Waals surface area contributed by atoms with Crippen LogP contribution in [-0.4, -0.2) is 25.9 Å². The van der Waals surface area contributed by atoms with Crippen LogP contribution >= 0.6 is 0 Å². The Morgan fingerprint density at radius 1 is 1.14 bits per heavy atom. The molecule has 21 heavy (non-hydrogen) atoms. The largest absolute Gasteiger partial charge is 0.389 e. The lowest BCUT2D eigenvalue weighted by molar-refractivity contribution is -0.138. The molecule has 5 heteroatoms. The summed E-state index contributed by atoms with van der Waals surface area (Å²) in [6.45, 7) is 5.40. The zero-order valence-corrected chi connectivity index (χ0v) is 12.7. The van der Waals surface area contributed by atoms with E-state index in [4.69, 9.17) is 4.74 Å². The zero-order valence-electron chi connectivity index (χ0n) is 12.7. The second-order valence-electron chi connectivity index (χ2n) is 5.00. The van der Waals surface area contributed by atoms with Gasteiger partial charge < -0.3 is 10.1 Å². The topological polar surface area (TPSA) is 21.3 Å². The number of hydrogen-bond acceptors (Lipinski definition) is 2. The third-order valence-corrected chi connectivity index (χ3v) is 3.27. The van der Waals surface area contributed by atoms with Gasteiger partial charge in [-0.3, -0.25) is 0 Å². The van der Waals surface area contributed by atoms with Crippen LogP contribution in [0, 0.1) is 0 Å². The van der Waals surface area contributed by atoms with Crippen molar-refractivity contribution in [1.29, 1.82) is 0 Å². The van der Waals surface area contributed by atoms with Crippen molar-refractivity contribution in [1.82, 2.24) is 5.32 Å². The van der Waals surface area contributed by atoms with Crippen LogP contribution in [0.15, 0.2) is 24.3 Å². The van der Waals surface area contributed by atoms with Gasteiger partial charge in [-0.2, -0.15) is 13.2 Å². The maximum atomic E-state index is 12.0. The predicted molar refractivity (Wildman–Crippen MR) is 78.3 cm³/mol. The van der Waals surface area contributed by atoms with Crippen molar-refractivity contribution in [2.45, 2.75) is 45.3 Å². The molecule has 120 valence electrons. The average molecular weight is 303 g/mol. The van der Waals surface area contributed by atoms with Crippen LogP contribution in [0.3, 0.4) is 0 Å². The van der Waals surface area contributed by atoms with Crippen molar-refractivity contribution in [3.05, 3.63) is 35.4 Å². The van der Waals surface area contributed by atoms with Crippen molar-refractivity contribution in [2.24, 2.45) is 0 Å². The Morgan fingerprint density at radius 2 is 1.81 bits per heavy atom. The highest BCUT2D eigenvalue weighted by molar-refractivity contribution is 5.25.